The van der Waals surface area contributed by atoms with Gasteiger partial charge in [-0.3, -0.25) is 4.79 Å². The molecule has 0 heterocycles. The van der Waals surface area contributed by atoms with Crippen molar-refractivity contribution in [3.05, 3.63) is 174 Å². The van der Waals surface area contributed by atoms with Gasteiger partial charge in [-0.15, -0.1) is 0 Å². The highest BCUT2D eigenvalue weighted by molar-refractivity contribution is 8.33. The molecule has 0 radical (unpaired) electrons. The summed E-state index contributed by atoms with van der Waals surface area (Å²) in [5.41, 5.74) is 1.03. The number of ketones is 1. The quantitative estimate of drug-likeness (QED) is 0.123. The number of methoxy groups -OCH3 is 1. The summed E-state index contributed by atoms with van der Waals surface area (Å²) < 4.78 is 81.1. The van der Waals surface area contributed by atoms with Gasteiger partial charge in [0.2, 0.25) is 0 Å². The molecule has 6 aromatic carbocycles. The maximum atomic E-state index is 14.1. The maximum Gasteiger partial charge on any atom is 0.416 e. The first-order valence-electron chi connectivity index (χ1n) is 15.5. The molecular formula is C40H31F3O5S3. The molecule has 0 saturated carbocycles. The molecule has 6 rings (SSSR count). The molecule has 0 amide bonds. The topological polar surface area (TPSA) is 69.7 Å². The lowest BCUT2D eigenvalue weighted by Gasteiger charge is -2.39. The summed E-state index contributed by atoms with van der Waals surface area (Å²) in [7, 11) is -6.26. The Morgan fingerprint density at radius 3 is 1.71 bits per heavy atom. The van der Waals surface area contributed by atoms with E-state index < -0.39 is 32.2 Å². The predicted molar refractivity (Wildman–Crippen MR) is 193 cm³/mol. The van der Waals surface area contributed by atoms with Crippen LogP contribution in [0.5, 0.6) is 5.75 Å². The first kappa shape index (κ1) is 36.0. The van der Waals surface area contributed by atoms with Crippen LogP contribution in [-0.2, 0) is 19.9 Å². The van der Waals surface area contributed by atoms with Gasteiger partial charge in [-0.1, -0.05) is 71.9 Å². The van der Waals surface area contributed by atoms with Crippen LogP contribution in [-0.4, -0.2) is 21.3 Å². The molecule has 0 aliphatic rings. The van der Waals surface area contributed by atoms with Gasteiger partial charge in [0.15, 0.2) is 5.78 Å². The van der Waals surface area contributed by atoms with Crippen molar-refractivity contribution in [2.45, 2.75) is 42.5 Å². The molecule has 0 N–H and O–H groups in total. The monoisotopic (exact) mass is 744 g/mol. The van der Waals surface area contributed by atoms with Gasteiger partial charge in [-0.25, -0.2) is 3.63 Å². The van der Waals surface area contributed by atoms with Crippen molar-refractivity contribution in [2.24, 2.45) is 0 Å². The molecule has 1 atom stereocenters. The van der Waals surface area contributed by atoms with E-state index >= 15 is 0 Å². The highest BCUT2D eigenvalue weighted by atomic mass is 32.3. The summed E-state index contributed by atoms with van der Waals surface area (Å²) in [5.74, 6) is 0.367. The van der Waals surface area contributed by atoms with Gasteiger partial charge in [0.05, 0.1) is 17.6 Å². The van der Waals surface area contributed by atoms with Crippen molar-refractivity contribution in [2.75, 3.05) is 7.11 Å². The molecule has 5 nitrogen and oxygen atoms in total. The lowest BCUT2D eigenvalue weighted by Crippen LogP contribution is -2.15. The number of hydrogen-bond acceptors (Lipinski definition) is 6. The van der Waals surface area contributed by atoms with E-state index in [0.29, 0.717) is 31.6 Å². The number of carbonyl (C=O) groups excluding carboxylic acids is 1. The standard InChI is InChI=1S/C40H31F3O5S3/c1-28-12-20-36(21-13-28)51(45,46)48-50(34-24-16-31(47-2)17-25-34,33-22-14-30(15-23-33)40(41,42)43)35-26-18-32(19-27-35)49-38-11-7-6-10-37(38)39(44)29-8-4-3-5-9-29/h3-27H,1-2H3. The third-order valence-electron chi connectivity index (χ3n) is 7.96. The summed E-state index contributed by atoms with van der Waals surface area (Å²) in [4.78, 5) is 15.8. The maximum absolute atomic E-state index is 14.1. The Hall–Kier alpha value is -4.81. The summed E-state index contributed by atoms with van der Waals surface area (Å²) in [6, 6.07) is 40.3. The number of benzene rings is 6. The number of ether oxygens (including phenoxy) is 1. The third-order valence-corrected chi connectivity index (χ3v) is 14.2. The van der Waals surface area contributed by atoms with Crippen molar-refractivity contribution in [3.63, 3.8) is 0 Å². The van der Waals surface area contributed by atoms with E-state index in [1.54, 1.807) is 97.1 Å². The smallest absolute Gasteiger partial charge is 0.416 e. The predicted octanol–water partition coefficient (Wildman–Crippen LogP) is 11.0. The van der Waals surface area contributed by atoms with Gasteiger partial charge in [-0.2, -0.15) is 21.6 Å². The zero-order chi connectivity index (χ0) is 36.2. The number of rotatable bonds is 11. The largest absolute Gasteiger partial charge is 0.497 e. The average molecular weight is 745 g/mol. The van der Waals surface area contributed by atoms with Gasteiger partial charge >= 0.3 is 16.3 Å². The Morgan fingerprint density at radius 2 is 1.14 bits per heavy atom. The lowest BCUT2D eigenvalue weighted by atomic mass is 10.0. The second kappa shape index (κ2) is 14.8. The number of alkyl halides is 3. The SMILES string of the molecule is COc1ccc(S(OS(=O)(=O)c2ccc(C)cc2)(c2ccc(Sc3ccccc3C(=O)c3ccccc3)cc2)c2ccc(C(F)(F)F)cc2)cc1. The van der Waals surface area contributed by atoms with Crippen LogP contribution in [0.1, 0.15) is 27.0 Å². The first-order chi connectivity index (χ1) is 24.4. The van der Waals surface area contributed by atoms with Crippen molar-refractivity contribution in [1.82, 2.24) is 0 Å². The van der Waals surface area contributed by atoms with Crippen molar-refractivity contribution < 1.29 is 34.7 Å². The van der Waals surface area contributed by atoms with Crippen LogP contribution >= 0.6 is 22.1 Å². The molecule has 0 spiro atoms. The fourth-order valence-electron chi connectivity index (χ4n) is 5.32. The van der Waals surface area contributed by atoms with Crippen LogP contribution in [0.2, 0.25) is 0 Å². The zero-order valence-corrected chi connectivity index (χ0v) is 29.8. The van der Waals surface area contributed by atoms with E-state index in [4.69, 9.17) is 8.37 Å². The highest BCUT2D eigenvalue weighted by Gasteiger charge is 2.39. The number of aryl methyl sites for hydroxylation is 1. The van der Waals surface area contributed by atoms with Crippen LogP contribution in [0.25, 0.3) is 0 Å². The van der Waals surface area contributed by atoms with Gasteiger partial charge in [0.1, 0.15) is 5.75 Å². The van der Waals surface area contributed by atoms with E-state index in [-0.39, 0.29) is 15.6 Å². The normalized spacial score (nSPS) is 13.6. The molecule has 0 bridgehead atoms. The summed E-state index contributed by atoms with van der Waals surface area (Å²) in [6.45, 7) is 1.82. The Labute approximate surface area is 300 Å². The van der Waals surface area contributed by atoms with Gasteiger partial charge < -0.3 is 4.74 Å². The molecule has 0 aromatic heterocycles. The fraction of sp³-hybridized carbons (Fsp3) is 0.0750. The Balaban J connectivity index is 1.49. The summed E-state index contributed by atoms with van der Waals surface area (Å²) >= 11 is 1.36. The van der Waals surface area contributed by atoms with E-state index in [0.717, 1.165) is 22.6 Å². The second-order valence-corrected chi connectivity index (χ2v) is 16.9. The van der Waals surface area contributed by atoms with Crippen LogP contribution in [0.4, 0.5) is 13.2 Å². The fourth-order valence-corrected chi connectivity index (χ4v) is 11.4. The molecule has 6 aromatic rings. The lowest BCUT2D eigenvalue weighted by molar-refractivity contribution is -0.137. The molecule has 0 saturated heterocycles. The van der Waals surface area contributed by atoms with Crippen LogP contribution in [0.15, 0.2) is 181 Å². The van der Waals surface area contributed by atoms with Gasteiger partial charge in [0, 0.05) is 35.6 Å². The minimum absolute atomic E-state index is 0.0998. The van der Waals surface area contributed by atoms with Crippen molar-refractivity contribution >= 4 is 38.0 Å². The third kappa shape index (κ3) is 7.77. The van der Waals surface area contributed by atoms with Crippen LogP contribution < -0.4 is 4.74 Å². The Bertz CT molecular complexity index is 2240. The second-order valence-electron chi connectivity index (χ2n) is 11.4. The molecule has 260 valence electrons. The van der Waals surface area contributed by atoms with Crippen LogP contribution in [0, 0.1) is 6.92 Å². The van der Waals surface area contributed by atoms with E-state index in [1.807, 2.05) is 25.1 Å². The number of carbonyl (C=O) groups is 1. The first-order valence-corrected chi connectivity index (χ1v) is 19.3. The van der Waals surface area contributed by atoms with E-state index in [9.17, 15) is 26.4 Å². The van der Waals surface area contributed by atoms with Gasteiger partial charge in [0.25, 0.3) is 0 Å². The van der Waals surface area contributed by atoms with Gasteiger partial charge in [-0.05, 0) is 114 Å². The van der Waals surface area contributed by atoms with E-state index in [1.165, 1.54) is 43.1 Å². The molecular weight excluding hydrogens is 714 g/mol. The minimum atomic E-state index is -4.61. The van der Waals surface area contributed by atoms with Crippen molar-refractivity contribution in [3.8, 4) is 5.75 Å². The van der Waals surface area contributed by atoms with Crippen LogP contribution in [0.3, 0.4) is 0 Å². The summed E-state index contributed by atoms with van der Waals surface area (Å²) in [5, 5.41) is 0. The molecule has 1 unspecified atom stereocenters. The minimum Gasteiger partial charge on any atom is -0.497 e. The molecule has 0 fully saturated rings. The van der Waals surface area contributed by atoms with E-state index in [2.05, 4.69) is 0 Å². The highest BCUT2D eigenvalue weighted by Crippen LogP contribution is 2.70. The van der Waals surface area contributed by atoms with Crippen molar-refractivity contribution in [1.29, 1.82) is 0 Å². The molecule has 11 heteroatoms. The Kier molecular flexibility index (Phi) is 10.5. The average Bonchev–Trinajstić information content (AvgIpc) is 3.14. The molecule has 0 aliphatic heterocycles. The molecule has 51 heavy (non-hydrogen) atoms. The Morgan fingerprint density at radius 1 is 0.627 bits per heavy atom. The molecule has 0 aliphatic carbocycles. The number of halogens is 3. The zero-order valence-electron chi connectivity index (χ0n) is 27.3. The number of hydrogen-bond donors (Lipinski definition) is 0. The summed E-state index contributed by atoms with van der Waals surface area (Å²) in [6.07, 6.45) is -4.61.